The standard InChI is InChI=1S/C16H13NO2S.BrH/c1-11-17(14-7-2-3-8-15(14)20-11)10-12-5-4-6-13(9-12)16(18)19;/h2-9H,10H2,1H3;1H. The first-order valence-electron chi connectivity index (χ1n) is 6.35. The van der Waals surface area contributed by atoms with Crippen molar-refractivity contribution >= 4 is 27.5 Å². The second-order valence-corrected chi connectivity index (χ2v) is 5.92. The van der Waals surface area contributed by atoms with Crippen molar-refractivity contribution in [3.63, 3.8) is 0 Å². The summed E-state index contributed by atoms with van der Waals surface area (Å²) in [5.41, 5.74) is 2.53. The molecule has 0 bridgehead atoms. The molecule has 108 valence electrons. The van der Waals surface area contributed by atoms with Gasteiger partial charge in [-0.05, 0) is 18.2 Å². The van der Waals surface area contributed by atoms with Crippen LogP contribution in [-0.4, -0.2) is 11.1 Å². The third-order valence-corrected chi connectivity index (χ3v) is 4.39. The summed E-state index contributed by atoms with van der Waals surface area (Å²) in [5, 5.41) is 10.3. The number of hydrogen-bond donors (Lipinski definition) is 1. The van der Waals surface area contributed by atoms with Crippen LogP contribution >= 0.6 is 11.3 Å². The molecule has 5 heteroatoms. The number of fused-ring (bicyclic) bond motifs is 1. The number of rotatable bonds is 3. The van der Waals surface area contributed by atoms with Gasteiger partial charge in [-0.2, -0.15) is 4.57 Å². The molecule has 3 aromatic rings. The minimum absolute atomic E-state index is 0. The molecular weight excluding hydrogens is 350 g/mol. The first-order valence-corrected chi connectivity index (χ1v) is 7.17. The summed E-state index contributed by atoms with van der Waals surface area (Å²) in [7, 11) is 0. The number of para-hydroxylation sites is 1. The van der Waals surface area contributed by atoms with Crippen LogP contribution in [0.25, 0.3) is 10.2 Å². The molecule has 1 heterocycles. The lowest BCUT2D eigenvalue weighted by Gasteiger charge is -2.00. The van der Waals surface area contributed by atoms with Gasteiger partial charge in [0.15, 0.2) is 6.54 Å². The molecule has 2 aromatic carbocycles. The van der Waals surface area contributed by atoms with E-state index in [0.29, 0.717) is 12.1 Å². The molecule has 0 spiro atoms. The molecule has 1 aromatic heterocycles. The lowest BCUT2D eigenvalue weighted by molar-refractivity contribution is -0.664. The van der Waals surface area contributed by atoms with Gasteiger partial charge in [0.2, 0.25) is 10.5 Å². The molecule has 1 N–H and O–H groups in total. The largest absolute Gasteiger partial charge is 1.00 e. The first-order chi connectivity index (χ1) is 9.65. The monoisotopic (exact) mass is 363 g/mol. The van der Waals surface area contributed by atoms with Gasteiger partial charge in [0.05, 0.1) is 5.56 Å². The third-order valence-electron chi connectivity index (χ3n) is 3.31. The van der Waals surface area contributed by atoms with Gasteiger partial charge < -0.3 is 22.1 Å². The average molecular weight is 364 g/mol. The molecule has 21 heavy (non-hydrogen) atoms. The van der Waals surface area contributed by atoms with E-state index in [2.05, 4.69) is 23.6 Å². The highest BCUT2D eigenvalue weighted by Gasteiger charge is 2.17. The van der Waals surface area contributed by atoms with Gasteiger partial charge in [-0.15, -0.1) is 0 Å². The van der Waals surface area contributed by atoms with Gasteiger partial charge in [-0.25, -0.2) is 4.79 Å². The van der Waals surface area contributed by atoms with E-state index in [0.717, 1.165) is 5.56 Å². The Morgan fingerprint density at radius 2 is 1.95 bits per heavy atom. The molecule has 0 radical (unpaired) electrons. The van der Waals surface area contributed by atoms with Crippen LogP contribution < -0.4 is 21.5 Å². The Morgan fingerprint density at radius 3 is 2.71 bits per heavy atom. The summed E-state index contributed by atoms with van der Waals surface area (Å²) in [5.74, 6) is -0.885. The topological polar surface area (TPSA) is 41.2 Å². The maximum atomic E-state index is 11.0. The molecule has 0 fully saturated rings. The fourth-order valence-electron chi connectivity index (χ4n) is 2.33. The van der Waals surface area contributed by atoms with Crippen LogP contribution in [0.5, 0.6) is 0 Å². The maximum absolute atomic E-state index is 11.0. The Kier molecular flexibility index (Phi) is 4.75. The van der Waals surface area contributed by atoms with Crippen molar-refractivity contribution in [1.82, 2.24) is 0 Å². The van der Waals surface area contributed by atoms with Gasteiger partial charge in [0.25, 0.3) is 0 Å². The number of hydrogen-bond acceptors (Lipinski definition) is 2. The molecule has 3 nitrogen and oxygen atoms in total. The summed E-state index contributed by atoms with van der Waals surface area (Å²) in [4.78, 5) is 11.0. The van der Waals surface area contributed by atoms with Crippen LogP contribution in [0.1, 0.15) is 20.9 Å². The zero-order valence-electron chi connectivity index (χ0n) is 11.4. The molecule has 0 atom stereocenters. The second kappa shape index (κ2) is 6.37. The van der Waals surface area contributed by atoms with Crippen molar-refractivity contribution in [1.29, 1.82) is 0 Å². The number of benzene rings is 2. The number of nitrogens with zero attached hydrogens (tertiary/aromatic N) is 1. The zero-order chi connectivity index (χ0) is 14.1. The maximum Gasteiger partial charge on any atom is 0.335 e. The Bertz CT molecular complexity index is 798. The van der Waals surface area contributed by atoms with E-state index in [-0.39, 0.29) is 17.0 Å². The SMILES string of the molecule is Cc1sc2ccccc2[n+]1Cc1cccc(C(=O)O)c1.[Br-]. The number of thiazole rings is 1. The van der Waals surface area contributed by atoms with Crippen LogP contribution in [0.2, 0.25) is 0 Å². The first kappa shape index (κ1) is 15.7. The Balaban J connectivity index is 0.00000161. The zero-order valence-corrected chi connectivity index (χ0v) is 13.8. The van der Waals surface area contributed by atoms with Gasteiger partial charge in [-0.3, -0.25) is 0 Å². The molecule has 0 saturated heterocycles. The van der Waals surface area contributed by atoms with Crippen LogP contribution in [-0.2, 0) is 6.54 Å². The van der Waals surface area contributed by atoms with Crippen molar-refractivity contribution in [3.8, 4) is 0 Å². The van der Waals surface area contributed by atoms with E-state index in [4.69, 9.17) is 5.11 Å². The Hall–Kier alpha value is -1.72. The predicted molar refractivity (Wildman–Crippen MR) is 79.3 cm³/mol. The lowest BCUT2D eigenvalue weighted by Crippen LogP contribution is -3.00. The van der Waals surface area contributed by atoms with E-state index in [1.54, 1.807) is 29.5 Å². The van der Waals surface area contributed by atoms with Crippen molar-refractivity contribution < 1.29 is 31.4 Å². The van der Waals surface area contributed by atoms with Crippen molar-refractivity contribution in [3.05, 3.63) is 64.7 Å². The second-order valence-electron chi connectivity index (χ2n) is 4.68. The summed E-state index contributed by atoms with van der Waals surface area (Å²) in [6.07, 6.45) is 0. The molecule has 3 rings (SSSR count). The van der Waals surface area contributed by atoms with Crippen LogP contribution in [0.4, 0.5) is 0 Å². The van der Waals surface area contributed by atoms with E-state index >= 15 is 0 Å². The van der Waals surface area contributed by atoms with Gasteiger partial charge in [0, 0.05) is 18.6 Å². The highest BCUT2D eigenvalue weighted by molar-refractivity contribution is 7.18. The Labute approximate surface area is 137 Å². The van der Waals surface area contributed by atoms with Crippen molar-refractivity contribution in [2.24, 2.45) is 0 Å². The smallest absolute Gasteiger partial charge is 0.335 e. The van der Waals surface area contributed by atoms with E-state index in [1.165, 1.54) is 15.2 Å². The predicted octanol–water partition coefficient (Wildman–Crippen LogP) is 0.248. The van der Waals surface area contributed by atoms with E-state index in [9.17, 15) is 4.79 Å². The number of halogens is 1. The van der Waals surface area contributed by atoms with Crippen molar-refractivity contribution in [2.45, 2.75) is 13.5 Å². The highest BCUT2D eigenvalue weighted by atomic mass is 79.9. The quantitative estimate of drug-likeness (QED) is 0.677. The normalized spacial score (nSPS) is 10.3. The molecule has 0 unspecified atom stereocenters. The third kappa shape index (κ3) is 3.14. The van der Waals surface area contributed by atoms with Gasteiger partial charge >= 0.3 is 5.97 Å². The van der Waals surface area contributed by atoms with Crippen LogP contribution in [0.15, 0.2) is 48.5 Å². The summed E-state index contributed by atoms with van der Waals surface area (Å²) < 4.78 is 3.47. The number of aromatic carboxylic acids is 1. The summed E-state index contributed by atoms with van der Waals surface area (Å²) in [6, 6.07) is 15.4. The molecular formula is C16H14BrNO2S. The minimum Gasteiger partial charge on any atom is -1.00 e. The highest BCUT2D eigenvalue weighted by Crippen LogP contribution is 2.20. The van der Waals surface area contributed by atoms with Crippen LogP contribution in [0, 0.1) is 6.92 Å². The number of carbonyl (C=O) groups is 1. The summed E-state index contributed by atoms with van der Waals surface area (Å²) >= 11 is 1.76. The number of aryl methyl sites for hydroxylation is 1. The number of carboxylic acid groups (broad SMARTS) is 1. The fraction of sp³-hybridized carbons (Fsp3) is 0.125. The van der Waals surface area contributed by atoms with Crippen LogP contribution in [0.3, 0.4) is 0 Å². The molecule has 0 aliphatic heterocycles. The molecule has 0 aliphatic carbocycles. The van der Waals surface area contributed by atoms with Crippen molar-refractivity contribution in [2.75, 3.05) is 0 Å². The Morgan fingerprint density at radius 1 is 1.19 bits per heavy atom. The fourth-order valence-corrected chi connectivity index (χ4v) is 3.35. The van der Waals surface area contributed by atoms with Gasteiger partial charge in [0.1, 0.15) is 4.70 Å². The number of aromatic nitrogens is 1. The average Bonchev–Trinajstić information content (AvgIpc) is 2.76. The minimum atomic E-state index is -0.885. The molecule has 0 aliphatic rings. The molecule has 0 saturated carbocycles. The summed E-state index contributed by atoms with van der Waals surface area (Å²) in [6.45, 7) is 2.78. The molecule has 0 amide bonds. The van der Waals surface area contributed by atoms with Gasteiger partial charge in [-0.1, -0.05) is 35.6 Å². The van der Waals surface area contributed by atoms with E-state index in [1.807, 2.05) is 18.2 Å². The lowest BCUT2D eigenvalue weighted by atomic mass is 10.1. The van der Waals surface area contributed by atoms with E-state index < -0.39 is 5.97 Å². The number of carboxylic acids is 1.